The van der Waals surface area contributed by atoms with Gasteiger partial charge < -0.3 is 14.2 Å². The Morgan fingerprint density at radius 2 is 2.25 bits per heavy atom. The molecular formula is C19H24N5O3P. The molecule has 2 atom stereocenters. The number of H-pyrrole nitrogens is 1. The van der Waals surface area contributed by atoms with Gasteiger partial charge in [-0.05, 0) is 32.0 Å². The van der Waals surface area contributed by atoms with Crippen molar-refractivity contribution in [2.24, 2.45) is 0 Å². The summed E-state index contributed by atoms with van der Waals surface area (Å²) in [4.78, 5) is 11.6. The van der Waals surface area contributed by atoms with E-state index in [0.717, 1.165) is 23.4 Å². The fraction of sp³-hybridized carbons (Fsp3) is 0.421. The topological polar surface area (TPSA) is 93.2 Å². The fourth-order valence-electron chi connectivity index (χ4n) is 3.57. The number of aromatic nitrogens is 4. The summed E-state index contributed by atoms with van der Waals surface area (Å²) in [7, 11) is -3.04. The van der Waals surface area contributed by atoms with Gasteiger partial charge in [0, 0.05) is 36.3 Å². The maximum absolute atomic E-state index is 13.4. The van der Waals surface area contributed by atoms with Gasteiger partial charge in [0.05, 0.1) is 31.6 Å². The molecule has 1 saturated heterocycles. The molecule has 3 aromatic rings. The van der Waals surface area contributed by atoms with Crippen LogP contribution in [0.1, 0.15) is 13.8 Å². The zero-order valence-electron chi connectivity index (χ0n) is 16.3. The quantitative estimate of drug-likeness (QED) is 0.657. The molecule has 0 amide bonds. The third-order valence-corrected chi connectivity index (χ3v) is 6.92. The lowest BCUT2D eigenvalue weighted by atomic mass is 10.1. The van der Waals surface area contributed by atoms with Crippen LogP contribution in [0.4, 0.5) is 5.82 Å². The second-order valence-corrected chi connectivity index (χ2v) is 9.34. The van der Waals surface area contributed by atoms with Crippen LogP contribution in [0.25, 0.3) is 22.3 Å². The lowest BCUT2D eigenvalue weighted by Gasteiger charge is -2.35. The van der Waals surface area contributed by atoms with Gasteiger partial charge in [0.25, 0.3) is 0 Å². The minimum atomic E-state index is -3.04. The molecule has 148 valence electrons. The maximum atomic E-state index is 13.4. The highest BCUT2D eigenvalue weighted by Crippen LogP contribution is 2.44. The Labute approximate surface area is 163 Å². The van der Waals surface area contributed by atoms with Gasteiger partial charge in [0.2, 0.25) is 7.37 Å². The summed E-state index contributed by atoms with van der Waals surface area (Å²) in [5.41, 5.74) is 2.12. The van der Waals surface area contributed by atoms with Crippen LogP contribution in [0.15, 0.2) is 30.6 Å². The number of aromatic amines is 1. The number of nitrogens with zero attached hydrogens (tertiary/aromatic N) is 4. The van der Waals surface area contributed by atoms with Gasteiger partial charge in [-0.25, -0.2) is 4.98 Å². The molecule has 1 aliphatic heterocycles. The van der Waals surface area contributed by atoms with Crippen molar-refractivity contribution in [3.63, 3.8) is 0 Å². The number of fused-ring (bicyclic) bond motifs is 1. The number of anilines is 1. The summed E-state index contributed by atoms with van der Waals surface area (Å²) >= 11 is 0. The number of pyridine rings is 2. The predicted molar refractivity (Wildman–Crippen MR) is 110 cm³/mol. The van der Waals surface area contributed by atoms with E-state index in [9.17, 15) is 4.57 Å². The first-order valence-corrected chi connectivity index (χ1v) is 11.4. The van der Waals surface area contributed by atoms with E-state index < -0.39 is 7.37 Å². The third kappa shape index (κ3) is 3.43. The number of morpholine rings is 1. The van der Waals surface area contributed by atoms with E-state index in [2.05, 4.69) is 27.0 Å². The van der Waals surface area contributed by atoms with Crippen molar-refractivity contribution in [3.8, 4) is 11.4 Å². The number of ether oxygens (including phenoxy) is 1. The van der Waals surface area contributed by atoms with Crippen molar-refractivity contribution in [1.82, 2.24) is 20.2 Å². The van der Waals surface area contributed by atoms with E-state index in [1.807, 2.05) is 25.1 Å². The number of hydrogen-bond acceptors (Lipinski definition) is 7. The van der Waals surface area contributed by atoms with Crippen LogP contribution >= 0.6 is 7.37 Å². The van der Waals surface area contributed by atoms with Crippen molar-refractivity contribution in [2.45, 2.75) is 19.9 Å². The SMILES string of the molecule is CCOP(C)(=O)c1cc(N2CCOC[C@H]2C)nc2c(-c3ccn[nH]3)nccc12. The number of hydrogen-bond donors (Lipinski definition) is 1. The Balaban J connectivity index is 1.98. The van der Waals surface area contributed by atoms with E-state index in [1.165, 1.54) is 0 Å². The second kappa shape index (κ2) is 7.62. The molecule has 1 aliphatic rings. The molecule has 0 spiro atoms. The van der Waals surface area contributed by atoms with Crippen LogP contribution in [0.3, 0.4) is 0 Å². The van der Waals surface area contributed by atoms with E-state index >= 15 is 0 Å². The van der Waals surface area contributed by atoms with Gasteiger partial charge in [0.15, 0.2) is 0 Å². The summed E-state index contributed by atoms with van der Waals surface area (Å²) < 4.78 is 24.6. The van der Waals surface area contributed by atoms with Crippen molar-refractivity contribution in [2.75, 3.05) is 37.9 Å². The predicted octanol–water partition coefficient (Wildman–Crippen LogP) is 2.81. The Morgan fingerprint density at radius 3 is 2.96 bits per heavy atom. The lowest BCUT2D eigenvalue weighted by molar-refractivity contribution is 0.0986. The van der Waals surface area contributed by atoms with Gasteiger partial charge in [-0.15, -0.1) is 0 Å². The van der Waals surface area contributed by atoms with Crippen LogP contribution in [-0.2, 0) is 13.8 Å². The van der Waals surface area contributed by atoms with Crippen molar-refractivity contribution < 1.29 is 13.8 Å². The summed E-state index contributed by atoms with van der Waals surface area (Å²) in [6.07, 6.45) is 3.38. The zero-order chi connectivity index (χ0) is 19.7. The molecule has 0 saturated carbocycles. The normalized spacial score (nSPS) is 19.7. The molecule has 4 rings (SSSR count). The highest BCUT2D eigenvalue weighted by molar-refractivity contribution is 7.66. The average molecular weight is 401 g/mol. The first-order chi connectivity index (χ1) is 13.5. The van der Waals surface area contributed by atoms with Gasteiger partial charge in [0.1, 0.15) is 17.0 Å². The minimum absolute atomic E-state index is 0.169. The zero-order valence-corrected chi connectivity index (χ0v) is 17.1. The Bertz CT molecular complexity index is 1020. The smallest absolute Gasteiger partial charge is 0.229 e. The molecule has 8 nitrogen and oxygen atoms in total. The van der Waals surface area contributed by atoms with Crippen LogP contribution < -0.4 is 10.2 Å². The largest absolute Gasteiger partial charge is 0.377 e. The Kier molecular flexibility index (Phi) is 5.19. The summed E-state index contributed by atoms with van der Waals surface area (Å²) in [6.45, 7) is 7.97. The maximum Gasteiger partial charge on any atom is 0.229 e. The molecule has 0 aromatic carbocycles. The van der Waals surface area contributed by atoms with Crippen molar-refractivity contribution in [1.29, 1.82) is 0 Å². The standard InChI is InChI=1S/C19H24N5O3P/c1-4-27-28(3,25)16-11-17(24-9-10-26-12-13(24)2)22-18-14(16)5-7-20-19(18)15-6-8-21-23-15/h5-8,11,13H,4,9-10,12H2,1-3H3,(H,21,23)/t13-,28?/m1/s1. The van der Waals surface area contributed by atoms with Crippen LogP contribution in [-0.4, -0.2) is 59.2 Å². The molecule has 1 unspecified atom stereocenters. The molecular weight excluding hydrogens is 377 g/mol. The van der Waals surface area contributed by atoms with Crippen molar-refractivity contribution >= 4 is 29.4 Å². The van der Waals surface area contributed by atoms with Crippen LogP contribution in [0.5, 0.6) is 0 Å². The van der Waals surface area contributed by atoms with E-state index in [1.54, 1.807) is 19.1 Å². The molecule has 4 heterocycles. The molecule has 28 heavy (non-hydrogen) atoms. The Morgan fingerprint density at radius 1 is 1.39 bits per heavy atom. The van der Waals surface area contributed by atoms with Gasteiger partial charge >= 0.3 is 0 Å². The lowest BCUT2D eigenvalue weighted by Crippen LogP contribution is -2.44. The van der Waals surface area contributed by atoms with E-state index in [0.29, 0.717) is 36.3 Å². The molecule has 1 fully saturated rings. The third-order valence-electron chi connectivity index (χ3n) is 4.92. The van der Waals surface area contributed by atoms with Crippen LogP contribution in [0.2, 0.25) is 0 Å². The highest BCUT2D eigenvalue weighted by atomic mass is 31.2. The van der Waals surface area contributed by atoms with Gasteiger partial charge in [-0.1, -0.05) is 0 Å². The average Bonchev–Trinajstić information content (AvgIpc) is 3.21. The highest BCUT2D eigenvalue weighted by Gasteiger charge is 2.28. The fourth-order valence-corrected chi connectivity index (χ4v) is 5.17. The first-order valence-electron chi connectivity index (χ1n) is 9.37. The minimum Gasteiger partial charge on any atom is -0.377 e. The van der Waals surface area contributed by atoms with Gasteiger partial charge in [-0.3, -0.25) is 14.6 Å². The second-order valence-electron chi connectivity index (χ2n) is 6.91. The summed E-state index contributed by atoms with van der Waals surface area (Å²) in [5, 5.41) is 8.43. The number of nitrogens with one attached hydrogen (secondary N) is 1. The van der Waals surface area contributed by atoms with Gasteiger partial charge in [-0.2, -0.15) is 5.10 Å². The summed E-state index contributed by atoms with van der Waals surface area (Å²) in [5.74, 6) is 0.758. The van der Waals surface area contributed by atoms with E-state index in [-0.39, 0.29) is 6.04 Å². The van der Waals surface area contributed by atoms with E-state index in [4.69, 9.17) is 14.2 Å². The summed E-state index contributed by atoms with van der Waals surface area (Å²) in [6, 6.07) is 5.76. The number of rotatable bonds is 5. The molecule has 9 heteroatoms. The Hall–Kier alpha value is -2.28. The molecule has 0 radical (unpaired) electrons. The molecule has 1 N–H and O–H groups in total. The van der Waals surface area contributed by atoms with Crippen molar-refractivity contribution in [3.05, 3.63) is 30.6 Å². The molecule has 0 aliphatic carbocycles. The van der Waals surface area contributed by atoms with Crippen LogP contribution in [0, 0.1) is 0 Å². The molecule has 3 aromatic heterocycles. The molecule has 0 bridgehead atoms. The first kappa shape index (κ1) is 19.1. The monoisotopic (exact) mass is 401 g/mol.